The number of carbonyl (C=O) groups is 2. The number of anilines is 3. The number of sulfonamides is 2. The summed E-state index contributed by atoms with van der Waals surface area (Å²) in [5.74, 6) is -1.28. The molecule has 170 valence electrons. The van der Waals surface area contributed by atoms with Crippen molar-refractivity contribution in [1.29, 1.82) is 0 Å². The molecule has 11 heteroatoms. The molecule has 32 heavy (non-hydrogen) atoms. The summed E-state index contributed by atoms with van der Waals surface area (Å²) in [6, 6.07) is 12.3. The Morgan fingerprint density at radius 2 is 1.66 bits per heavy atom. The first kappa shape index (κ1) is 22.3. The fraction of sp³-hybridized carbons (Fsp3) is 0.333. The molecule has 0 aromatic heterocycles. The molecule has 0 aliphatic carbocycles. The number of rotatable bonds is 4. The Morgan fingerprint density at radius 1 is 0.969 bits per heavy atom. The van der Waals surface area contributed by atoms with E-state index in [1.807, 2.05) is 0 Å². The van der Waals surface area contributed by atoms with E-state index in [2.05, 4.69) is 5.32 Å². The van der Waals surface area contributed by atoms with E-state index in [9.17, 15) is 26.4 Å². The van der Waals surface area contributed by atoms with Crippen LogP contribution >= 0.6 is 0 Å². The predicted molar refractivity (Wildman–Crippen MR) is 122 cm³/mol. The van der Waals surface area contributed by atoms with Crippen molar-refractivity contribution in [3.8, 4) is 0 Å². The van der Waals surface area contributed by atoms with Crippen LogP contribution in [0.25, 0.3) is 0 Å². The van der Waals surface area contributed by atoms with Crippen molar-refractivity contribution < 1.29 is 26.4 Å². The molecule has 0 atom stereocenters. The van der Waals surface area contributed by atoms with Gasteiger partial charge in [-0.2, -0.15) is 0 Å². The van der Waals surface area contributed by atoms with Gasteiger partial charge in [-0.3, -0.25) is 13.9 Å². The number of nitrogens with one attached hydrogen (secondary N) is 1. The van der Waals surface area contributed by atoms with Crippen LogP contribution in [0.2, 0.25) is 0 Å². The van der Waals surface area contributed by atoms with Gasteiger partial charge in [-0.05, 0) is 56.7 Å². The second-order valence-corrected chi connectivity index (χ2v) is 12.3. The van der Waals surface area contributed by atoms with E-state index in [-0.39, 0.29) is 22.8 Å². The Morgan fingerprint density at radius 3 is 2.28 bits per heavy atom. The molecule has 0 bridgehead atoms. The third-order valence-corrected chi connectivity index (χ3v) is 9.31. The zero-order valence-corrected chi connectivity index (χ0v) is 19.2. The molecule has 2 aliphatic heterocycles. The second-order valence-electron chi connectivity index (χ2n) is 8.51. The maximum Gasteiger partial charge on any atom is 0.255 e. The number of amides is 2. The summed E-state index contributed by atoms with van der Waals surface area (Å²) in [4.78, 5) is 25.4. The average Bonchev–Trinajstić information content (AvgIpc) is 3.13. The van der Waals surface area contributed by atoms with Gasteiger partial charge in [-0.15, -0.1) is 0 Å². The topological polar surface area (TPSA) is 121 Å². The summed E-state index contributed by atoms with van der Waals surface area (Å²) in [7, 11) is -7.19. The summed E-state index contributed by atoms with van der Waals surface area (Å²) >= 11 is 0. The Labute approximate surface area is 187 Å². The molecule has 0 radical (unpaired) electrons. The van der Waals surface area contributed by atoms with Crippen LogP contribution < -0.4 is 13.9 Å². The highest BCUT2D eigenvalue weighted by Crippen LogP contribution is 2.36. The molecule has 2 saturated heterocycles. The molecule has 9 nitrogen and oxygen atoms in total. The lowest BCUT2D eigenvalue weighted by Crippen LogP contribution is -2.33. The van der Waals surface area contributed by atoms with Gasteiger partial charge in [0.15, 0.2) is 0 Å². The van der Waals surface area contributed by atoms with E-state index in [0.717, 1.165) is 4.31 Å². The summed E-state index contributed by atoms with van der Waals surface area (Å²) in [6.07, 6.45) is 0.542. The molecule has 2 heterocycles. The van der Waals surface area contributed by atoms with Crippen molar-refractivity contribution in [2.45, 2.75) is 20.3 Å². The summed E-state index contributed by atoms with van der Waals surface area (Å²) in [5, 5.41) is 2.70. The number of hydrogen-bond acceptors (Lipinski definition) is 6. The molecule has 0 saturated carbocycles. The maximum absolute atomic E-state index is 12.8. The van der Waals surface area contributed by atoms with E-state index in [0.29, 0.717) is 24.3 Å². The van der Waals surface area contributed by atoms with Crippen LogP contribution in [0.4, 0.5) is 17.1 Å². The lowest BCUT2D eigenvalue weighted by atomic mass is 9.95. The Kier molecular flexibility index (Phi) is 5.29. The molecular formula is C21H23N3O6S2. The van der Waals surface area contributed by atoms with E-state index in [1.165, 1.54) is 28.6 Å². The SMILES string of the molecule is CC1(C)CS(=O)(=O)N(c2cccc(C(=O)Nc3cccc(N4CCCS4(=O)=O)c3)c2)C1=O. The third-order valence-electron chi connectivity index (χ3n) is 5.42. The molecule has 4 rings (SSSR count). The Hall–Kier alpha value is -2.92. The maximum atomic E-state index is 12.8. The van der Waals surface area contributed by atoms with Gasteiger partial charge < -0.3 is 5.32 Å². The lowest BCUT2D eigenvalue weighted by Gasteiger charge is -2.19. The average molecular weight is 478 g/mol. The van der Waals surface area contributed by atoms with E-state index in [1.54, 1.807) is 38.1 Å². The highest BCUT2D eigenvalue weighted by Gasteiger charge is 2.50. The van der Waals surface area contributed by atoms with Crippen molar-refractivity contribution in [2.24, 2.45) is 5.41 Å². The van der Waals surface area contributed by atoms with Gasteiger partial charge in [0.05, 0.1) is 28.3 Å². The number of nitrogens with zero attached hydrogens (tertiary/aromatic N) is 2. The van der Waals surface area contributed by atoms with Crippen LogP contribution in [-0.4, -0.2) is 46.7 Å². The number of benzene rings is 2. The van der Waals surface area contributed by atoms with E-state index < -0.39 is 37.3 Å². The standard InChI is InChI=1S/C21H23N3O6S2/c1-21(2)14-32(29,30)24(20(21)26)18-9-3-6-15(12-18)19(25)22-16-7-4-8-17(13-16)23-10-5-11-31(23,27)28/h3-4,6-9,12-13H,5,10-11,14H2,1-2H3,(H,22,25). The van der Waals surface area contributed by atoms with Crippen molar-refractivity contribution >= 4 is 48.9 Å². The minimum absolute atomic E-state index is 0.0886. The van der Waals surface area contributed by atoms with Crippen molar-refractivity contribution in [1.82, 2.24) is 0 Å². The van der Waals surface area contributed by atoms with Crippen molar-refractivity contribution in [3.05, 3.63) is 54.1 Å². The van der Waals surface area contributed by atoms with Gasteiger partial charge in [-0.25, -0.2) is 21.1 Å². The summed E-state index contributed by atoms with van der Waals surface area (Å²) in [6.45, 7) is 3.52. The van der Waals surface area contributed by atoms with Crippen molar-refractivity contribution in [2.75, 3.05) is 32.0 Å². The highest BCUT2D eigenvalue weighted by atomic mass is 32.2. The van der Waals surface area contributed by atoms with Crippen LogP contribution in [-0.2, 0) is 24.8 Å². The van der Waals surface area contributed by atoms with E-state index in [4.69, 9.17) is 0 Å². The predicted octanol–water partition coefficient (Wildman–Crippen LogP) is 2.18. The fourth-order valence-electron chi connectivity index (χ4n) is 3.91. The van der Waals surface area contributed by atoms with Crippen LogP contribution in [0.1, 0.15) is 30.6 Å². The third kappa shape index (κ3) is 3.97. The Bertz CT molecular complexity index is 1320. The molecule has 2 fully saturated rings. The fourth-order valence-corrected chi connectivity index (χ4v) is 7.56. The monoisotopic (exact) mass is 477 g/mol. The van der Waals surface area contributed by atoms with Gasteiger partial charge in [0.25, 0.3) is 5.91 Å². The molecule has 1 N–H and O–H groups in total. The lowest BCUT2D eigenvalue weighted by molar-refractivity contribution is -0.123. The van der Waals surface area contributed by atoms with Gasteiger partial charge >= 0.3 is 0 Å². The minimum atomic E-state index is -3.83. The normalized spacial score (nSPS) is 21.0. The summed E-state index contributed by atoms with van der Waals surface area (Å²) in [5.41, 5.74) is 0.0727. The molecule has 2 aromatic carbocycles. The highest BCUT2D eigenvalue weighted by molar-refractivity contribution is 7.94. The molecule has 2 amide bonds. The van der Waals surface area contributed by atoms with Crippen molar-refractivity contribution in [3.63, 3.8) is 0 Å². The minimum Gasteiger partial charge on any atom is -0.322 e. The first-order valence-corrected chi connectivity index (χ1v) is 13.2. The first-order valence-electron chi connectivity index (χ1n) is 10.0. The molecule has 2 aliphatic rings. The zero-order valence-electron chi connectivity index (χ0n) is 17.6. The molecule has 0 spiro atoms. The molecular weight excluding hydrogens is 454 g/mol. The van der Waals surface area contributed by atoms with Gasteiger partial charge in [-0.1, -0.05) is 12.1 Å². The molecule has 0 unspecified atom stereocenters. The number of hydrogen-bond donors (Lipinski definition) is 1. The first-order chi connectivity index (χ1) is 14.9. The Balaban J connectivity index is 1.58. The van der Waals surface area contributed by atoms with E-state index >= 15 is 0 Å². The van der Waals surface area contributed by atoms with Crippen LogP contribution in [0.15, 0.2) is 48.5 Å². The van der Waals surface area contributed by atoms with Gasteiger partial charge in [0.2, 0.25) is 26.0 Å². The van der Waals surface area contributed by atoms with Crippen LogP contribution in [0, 0.1) is 5.41 Å². The zero-order chi connectivity index (χ0) is 23.3. The van der Waals surface area contributed by atoms with Crippen LogP contribution in [0.3, 0.4) is 0 Å². The smallest absolute Gasteiger partial charge is 0.255 e. The molecule has 2 aromatic rings. The summed E-state index contributed by atoms with van der Waals surface area (Å²) < 4.78 is 51.4. The largest absolute Gasteiger partial charge is 0.322 e. The number of carbonyl (C=O) groups excluding carboxylic acids is 2. The quantitative estimate of drug-likeness (QED) is 0.721. The van der Waals surface area contributed by atoms with Crippen LogP contribution in [0.5, 0.6) is 0 Å². The van der Waals surface area contributed by atoms with Gasteiger partial charge in [0, 0.05) is 17.8 Å². The van der Waals surface area contributed by atoms with Gasteiger partial charge in [0.1, 0.15) is 0 Å². The second kappa shape index (κ2) is 7.59.